The van der Waals surface area contributed by atoms with Gasteiger partial charge in [0, 0.05) is 62.2 Å². The highest BCUT2D eigenvalue weighted by atomic mass is 79.9. The van der Waals surface area contributed by atoms with Gasteiger partial charge in [-0.2, -0.15) is 105 Å². The maximum absolute atomic E-state index is 13.0. The average molecular weight is 2260 g/mol. The number of nitrogens with one attached hydrogen (secondary N) is 4. The van der Waals surface area contributed by atoms with Crippen LogP contribution in [0.5, 0.6) is 0 Å². The number of carbonyl (C=O) groups is 10. The Bertz CT molecular complexity index is 5760. The van der Waals surface area contributed by atoms with Gasteiger partial charge in [-0.3, -0.25) is 14.9 Å². The van der Waals surface area contributed by atoms with E-state index in [4.69, 9.17) is 79.6 Å². The molecule has 56 heteroatoms. The number of carbonyl (C=O) groups excluding carboxylic acids is 8. The number of ether oxygens (including phenoxy) is 4. The molecule has 0 aromatic heterocycles. The lowest BCUT2D eigenvalue weighted by molar-refractivity contribution is -0.138. The molecule has 0 bridgehead atoms. The fourth-order valence-corrected chi connectivity index (χ4v) is 14.6. The van der Waals surface area contributed by atoms with Crippen molar-refractivity contribution < 1.29 is 182 Å². The van der Waals surface area contributed by atoms with Crippen LogP contribution >= 0.6 is 94.2 Å². The van der Waals surface area contributed by atoms with Crippen LogP contribution in [0.15, 0.2) is 112 Å². The lowest BCUT2D eigenvalue weighted by Crippen LogP contribution is -2.58. The first-order valence-corrected chi connectivity index (χ1v) is 41.0. The number of benzene rings is 8. The zero-order valence-corrected chi connectivity index (χ0v) is 77.2. The number of esters is 4. The van der Waals surface area contributed by atoms with Crippen molar-refractivity contribution in [1.82, 2.24) is 26.2 Å². The van der Waals surface area contributed by atoms with Crippen LogP contribution in [0.3, 0.4) is 0 Å². The normalized spacial score (nSPS) is 14.4. The number of amides is 6. The minimum atomic E-state index is -4.59. The summed E-state index contributed by atoms with van der Waals surface area (Å²) in [5.74, 6) is -6.49. The van der Waals surface area contributed by atoms with Crippen LogP contribution < -0.4 is 44.2 Å². The number of methoxy groups -OCH3 is 4. The van der Waals surface area contributed by atoms with Gasteiger partial charge in [0.05, 0.1) is 133 Å². The second kappa shape index (κ2) is 45.8. The van der Waals surface area contributed by atoms with Crippen molar-refractivity contribution in [3.05, 3.63) is 249 Å². The van der Waals surface area contributed by atoms with Crippen molar-refractivity contribution in [1.29, 1.82) is 0 Å². The number of urea groups is 2. The molecule has 25 nitrogen and oxygen atoms in total. The second-order valence-electron chi connectivity index (χ2n) is 28.2. The second-order valence-corrected chi connectivity index (χ2v) is 32.1. The number of imide groups is 1. The van der Waals surface area contributed by atoms with E-state index in [0.29, 0.717) is 28.8 Å². The smallest absolute Gasteiger partial charge is 0.418 e. The van der Waals surface area contributed by atoms with Gasteiger partial charge < -0.3 is 72.9 Å². The number of nitrogens with two attached hydrogens (primary N) is 4. The molecule has 1 atom stereocenters. The molecule has 1 saturated carbocycles. The number of carboxylic acids is 2. The van der Waals surface area contributed by atoms with E-state index >= 15 is 0 Å². The Labute approximate surface area is 800 Å². The third-order valence-corrected chi connectivity index (χ3v) is 22.0. The van der Waals surface area contributed by atoms with Crippen LogP contribution in [0.1, 0.15) is 163 Å². The van der Waals surface area contributed by atoms with Crippen molar-refractivity contribution in [2.45, 2.75) is 107 Å². The molecule has 746 valence electrons. The number of aromatic carboxylic acids is 2. The van der Waals surface area contributed by atoms with E-state index in [0.717, 1.165) is 126 Å². The molecular weight excluding hydrogens is 2190 g/mol. The number of alkyl halides is 25. The number of nitrogens with zero attached hydrogens (tertiary/aromatic N) is 1. The summed E-state index contributed by atoms with van der Waals surface area (Å²) in [4.78, 5) is 114. The van der Waals surface area contributed by atoms with Crippen LogP contribution in [-0.4, -0.2) is 115 Å². The number of anilines is 4. The van der Waals surface area contributed by atoms with Crippen LogP contribution in [0, 0.1) is 19.8 Å². The van der Waals surface area contributed by atoms with Gasteiger partial charge in [-0.1, -0.05) is 62.3 Å². The highest BCUT2D eigenvalue weighted by Crippen LogP contribution is 2.46. The van der Waals surface area contributed by atoms with Crippen LogP contribution in [0.25, 0.3) is 0 Å². The number of carboxylic acid groups (broad SMARTS) is 2. The zero-order chi connectivity index (χ0) is 105. The highest BCUT2D eigenvalue weighted by Gasteiger charge is 2.56. The number of hydrogen-bond donors (Lipinski definition) is 10. The Morgan fingerprint density at radius 2 is 0.796 bits per heavy atom. The molecule has 1 saturated heterocycles. The lowest BCUT2D eigenvalue weighted by Gasteiger charge is -2.27. The zero-order valence-electron chi connectivity index (χ0n) is 69.4. The fourth-order valence-electron chi connectivity index (χ4n) is 12.0. The summed E-state index contributed by atoms with van der Waals surface area (Å²) in [6, 6.07) is 13.8. The molecule has 2 fully saturated rings. The number of fused-ring (bicyclic) bond motifs is 2. The maximum Gasteiger partial charge on any atom is 0.418 e. The minimum Gasteiger partial charge on any atom is -0.478 e. The highest BCUT2D eigenvalue weighted by molar-refractivity contribution is 9.11. The quantitative estimate of drug-likeness (QED) is 0.0152. The monoisotopic (exact) mass is 2250 g/mol. The Morgan fingerprint density at radius 3 is 1.20 bits per heavy atom. The summed E-state index contributed by atoms with van der Waals surface area (Å²) in [5.41, 5.74) is 10.9. The lowest BCUT2D eigenvalue weighted by atomic mass is 9.93. The Balaban J connectivity index is 0.000000280. The summed E-state index contributed by atoms with van der Waals surface area (Å²) >= 11 is 30.8. The molecule has 12 rings (SSSR count). The van der Waals surface area contributed by atoms with Gasteiger partial charge >= 0.3 is 97.3 Å². The molecule has 8 aromatic rings. The molecule has 0 radical (unpaired) electrons. The Kier molecular flexibility index (Phi) is 38.7. The summed E-state index contributed by atoms with van der Waals surface area (Å²) in [5, 5.41) is 25.1. The summed E-state index contributed by atoms with van der Waals surface area (Å²) < 4.78 is 317. The third-order valence-electron chi connectivity index (χ3n) is 18.9. The Morgan fingerprint density at radius 1 is 0.445 bits per heavy atom. The standard InChI is InChI=1S/C17H16ClF3N4O3.C10H7BrClF3O2.C10H8ClF3O2.C10H10F3NO2.C9H7BrF3NO2.C9H5ClF3NO.C8H5BrF3NO2.C8H6F3NO2/c18-12-4-9-6-25(5-8(9)3-11(12)17(19,20)21)15(28)22-7-16(10-1-2-10)13(26)23-14(27)24-16;1-17-9(16)6-3-8(12)7(10(13,14)15)2-5(6)4-11;1-5-3-7(10(12,13)14)8(11)4-6(5)9(15)16-2;1-5-3-7(10(11,12)13)8(14)4-6(5)9(15)16-2;1-16-8(15)4-2-7(14)5(3-6(4)10)9(11,12)13;10-7-2-5-4(3-14-8(5)15)1-6(7)9(11,12)13;9-5-2-4(8(10,11)12)6(13)1-3(5)7(14)15;9-8(10,11)5-2-1-4(7(13)14)3-6(5)12/h3-4,10H,1-2,5-7H2,(H,22,28)(H2,23,24,26,27);2-3H,4H2,1H3;3-4H,1-2H3;3-4H,14H2,1-2H3;2-3H,14H2,1H3;1-2H,3H2,(H,14,15);1-2H,13H2,(H,14,15);1-3H,12H2,(H,13,14)/t16-;;;;;;;/m0......./s1. The molecule has 14 N–H and O–H groups in total. The maximum atomic E-state index is 13.0. The molecule has 3 heterocycles. The topological polar surface area (TPSA) is 404 Å². The minimum absolute atomic E-state index is 0.00357. The predicted octanol–water partition coefficient (Wildman–Crippen LogP) is 22.4. The van der Waals surface area contributed by atoms with Crippen molar-refractivity contribution in [3.8, 4) is 0 Å². The van der Waals surface area contributed by atoms with Gasteiger partial charge in [0.15, 0.2) is 0 Å². The van der Waals surface area contributed by atoms with Gasteiger partial charge in [-0.25, -0.2) is 38.4 Å². The summed E-state index contributed by atoms with van der Waals surface area (Å²) in [6.07, 6.45) is -34.9. The third kappa shape index (κ3) is 30.7. The molecular formula is C81H64Br3Cl4F24N9O16. The van der Waals surface area contributed by atoms with Crippen molar-refractivity contribution in [3.63, 3.8) is 0 Å². The van der Waals surface area contributed by atoms with Crippen molar-refractivity contribution in [2.75, 3.05) is 57.9 Å². The number of rotatable bonds is 10. The van der Waals surface area contributed by atoms with Gasteiger partial charge in [-0.15, -0.1) is 0 Å². The number of nitrogen functional groups attached to an aromatic ring is 4. The molecule has 0 unspecified atom stereocenters. The molecule has 137 heavy (non-hydrogen) atoms. The first kappa shape index (κ1) is 116. The van der Waals surface area contributed by atoms with Crippen molar-refractivity contribution in [2.24, 2.45) is 5.92 Å². The number of aryl methyl sites for hydroxylation is 2. The van der Waals surface area contributed by atoms with E-state index in [1.54, 1.807) is 0 Å². The largest absolute Gasteiger partial charge is 0.478 e. The molecule has 8 aromatic carbocycles. The van der Waals surface area contributed by atoms with E-state index in [9.17, 15) is 153 Å². The van der Waals surface area contributed by atoms with E-state index in [2.05, 4.69) is 88.0 Å². The summed E-state index contributed by atoms with van der Waals surface area (Å²) in [7, 11) is 4.57. The van der Waals surface area contributed by atoms with E-state index < -0.39 is 196 Å². The fraction of sp³-hybridized carbons (Fsp3) is 0.284. The van der Waals surface area contributed by atoms with Gasteiger partial charge in [0.1, 0.15) is 5.54 Å². The number of halogens is 31. The van der Waals surface area contributed by atoms with E-state index in [-0.39, 0.29) is 108 Å². The SMILES string of the molecule is COC(=O)c1cc(Cl)c(C(F)(F)F)cc1C.COC(=O)c1cc(Cl)c(C(F)(F)F)cc1CBr.COC(=O)c1cc(N)c(C(F)(F)F)cc1Br.COC(=O)c1cc(N)c(C(F)(F)F)cc1C.Nc1cc(C(=O)O)c(Br)cc1C(F)(F)F.Nc1cc(C(=O)O)ccc1C(F)(F)F.O=C1NC(=O)[C@](CNC(=O)N2Cc3cc(Cl)c(C(F)(F)F)cc3C2)(C2CC2)N1.O=C1NCc2cc(C(F)(F)F)c(Cl)cc21. The average Bonchev–Trinajstić information content (AvgIpc) is 1.58. The molecule has 1 aliphatic carbocycles. The molecule has 3 aliphatic heterocycles. The molecule has 6 amide bonds. The molecule has 4 aliphatic rings. The van der Waals surface area contributed by atoms with Crippen LogP contribution in [-0.2, 0) is 98.1 Å². The van der Waals surface area contributed by atoms with E-state index in [1.807, 2.05) is 0 Å². The van der Waals surface area contributed by atoms with Crippen molar-refractivity contribution >= 4 is 177 Å². The summed E-state index contributed by atoms with van der Waals surface area (Å²) in [6.45, 7) is 2.91. The molecule has 0 spiro atoms. The predicted molar refractivity (Wildman–Crippen MR) is 452 cm³/mol. The van der Waals surface area contributed by atoms with Gasteiger partial charge in [0.25, 0.3) is 11.8 Å². The van der Waals surface area contributed by atoms with Gasteiger partial charge in [0.2, 0.25) is 0 Å². The number of hydrogen-bond acceptors (Lipinski definition) is 18. The Hall–Kier alpha value is -11.6. The van der Waals surface area contributed by atoms with Crippen LogP contribution in [0.4, 0.5) is 138 Å². The first-order valence-electron chi connectivity index (χ1n) is 36.8. The first-order chi connectivity index (χ1) is 62.7. The van der Waals surface area contributed by atoms with Crippen LogP contribution in [0.2, 0.25) is 20.1 Å². The van der Waals surface area contributed by atoms with Gasteiger partial charge in [-0.05, 0) is 201 Å². The van der Waals surface area contributed by atoms with E-state index in [1.165, 1.54) is 24.8 Å².